The Bertz CT molecular complexity index is 527. The van der Waals surface area contributed by atoms with Crippen LogP contribution in [0.3, 0.4) is 0 Å². The van der Waals surface area contributed by atoms with E-state index in [0.29, 0.717) is 37.6 Å². The molecule has 1 aliphatic heterocycles. The highest BCUT2D eigenvalue weighted by Crippen LogP contribution is 2.11. The maximum absolute atomic E-state index is 12.2. The van der Waals surface area contributed by atoms with E-state index in [9.17, 15) is 9.59 Å². The second kappa shape index (κ2) is 10.0. The number of amides is 2. The maximum Gasteiger partial charge on any atom is 0.251 e. The van der Waals surface area contributed by atoms with Crippen molar-refractivity contribution in [2.75, 3.05) is 45.3 Å². The van der Waals surface area contributed by atoms with Gasteiger partial charge in [0, 0.05) is 44.2 Å². The Morgan fingerprint density at radius 1 is 1.21 bits per heavy atom. The molecule has 1 aromatic rings. The fourth-order valence-corrected chi connectivity index (χ4v) is 2.40. The summed E-state index contributed by atoms with van der Waals surface area (Å²) in [6, 6.07) is 7.05. The minimum absolute atomic E-state index is 0.0963. The molecule has 7 heteroatoms. The van der Waals surface area contributed by atoms with Crippen molar-refractivity contribution in [3.8, 4) is 0 Å². The summed E-state index contributed by atoms with van der Waals surface area (Å²) in [6.45, 7) is 2.78. The Morgan fingerprint density at radius 2 is 1.92 bits per heavy atom. The zero-order valence-electron chi connectivity index (χ0n) is 14.0. The lowest BCUT2D eigenvalue weighted by atomic mass is 10.1. The molecule has 7 nitrogen and oxygen atoms in total. The van der Waals surface area contributed by atoms with E-state index in [4.69, 9.17) is 9.47 Å². The van der Waals surface area contributed by atoms with Gasteiger partial charge in [-0.2, -0.15) is 0 Å². The third-order valence-corrected chi connectivity index (χ3v) is 3.76. The largest absolute Gasteiger partial charge is 0.383 e. The summed E-state index contributed by atoms with van der Waals surface area (Å²) in [5.74, 6) is -0.230. The maximum atomic E-state index is 12.2. The van der Waals surface area contributed by atoms with Gasteiger partial charge in [0.1, 0.15) is 0 Å². The Hall–Kier alpha value is -1.96. The van der Waals surface area contributed by atoms with Gasteiger partial charge in [0.05, 0.1) is 13.2 Å². The monoisotopic (exact) mass is 335 g/mol. The van der Waals surface area contributed by atoms with Crippen LogP contribution in [0.2, 0.25) is 0 Å². The molecule has 0 aromatic heterocycles. The summed E-state index contributed by atoms with van der Waals surface area (Å²) in [5.41, 5.74) is 1.24. The average Bonchev–Trinajstić information content (AvgIpc) is 2.60. The lowest BCUT2D eigenvalue weighted by molar-refractivity contribution is -0.115. The summed E-state index contributed by atoms with van der Waals surface area (Å²) in [7, 11) is 1.61. The molecule has 1 aliphatic rings. The molecule has 0 atom stereocenters. The quantitative estimate of drug-likeness (QED) is 0.611. The Labute approximate surface area is 142 Å². The van der Waals surface area contributed by atoms with E-state index in [1.807, 2.05) is 0 Å². The van der Waals surface area contributed by atoms with Gasteiger partial charge in [-0.3, -0.25) is 9.59 Å². The molecule has 1 heterocycles. The molecule has 1 fully saturated rings. The van der Waals surface area contributed by atoms with Crippen LogP contribution in [0.15, 0.2) is 24.3 Å². The number of nitrogens with one attached hydrogen (secondary N) is 3. The Morgan fingerprint density at radius 3 is 2.58 bits per heavy atom. The van der Waals surface area contributed by atoms with E-state index in [2.05, 4.69) is 16.0 Å². The van der Waals surface area contributed by atoms with Gasteiger partial charge < -0.3 is 25.4 Å². The van der Waals surface area contributed by atoms with E-state index in [1.54, 1.807) is 31.4 Å². The van der Waals surface area contributed by atoms with Gasteiger partial charge >= 0.3 is 0 Å². The highest BCUT2D eigenvalue weighted by molar-refractivity contribution is 5.96. The second-order valence-electron chi connectivity index (χ2n) is 5.66. The topological polar surface area (TPSA) is 88.7 Å². The third kappa shape index (κ3) is 6.27. The van der Waals surface area contributed by atoms with Crippen molar-refractivity contribution in [2.24, 2.45) is 0 Å². The van der Waals surface area contributed by atoms with Crippen molar-refractivity contribution in [1.29, 1.82) is 0 Å². The van der Waals surface area contributed by atoms with Crippen LogP contribution in [0, 0.1) is 0 Å². The van der Waals surface area contributed by atoms with Gasteiger partial charge in [0.2, 0.25) is 5.91 Å². The van der Waals surface area contributed by atoms with Gasteiger partial charge in [-0.25, -0.2) is 0 Å². The standard InChI is InChI=1S/C17H25N3O4/c1-23-11-8-18-12-16(21)19-14-4-2-13(3-5-14)17(22)20-15-6-9-24-10-7-15/h2-5,15,18H,6-12H2,1H3,(H,19,21)(H,20,22). The number of hydrogen-bond donors (Lipinski definition) is 3. The van der Waals surface area contributed by atoms with Crippen molar-refractivity contribution in [2.45, 2.75) is 18.9 Å². The predicted molar refractivity (Wildman–Crippen MR) is 91.1 cm³/mol. The molecule has 2 rings (SSSR count). The van der Waals surface area contributed by atoms with Gasteiger partial charge in [-0.1, -0.05) is 0 Å². The van der Waals surface area contributed by atoms with Gasteiger partial charge in [0.15, 0.2) is 0 Å². The SMILES string of the molecule is COCCNCC(=O)Nc1ccc(C(=O)NC2CCOCC2)cc1. The zero-order valence-corrected chi connectivity index (χ0v) is 14.0. The van der Waals surface area contributed by atoms with Gasteiger partial charge in [0.25, 0.3) is 5.91 Å². The van der Waals surface area contributed by atoms with Crippen molar-refractivity contribution >= 4 is 17.5 Å². The van der Waals surface area contributed by atoms with Crippen LogP contribution in [-0.2, 0) is 14.3 Å². The fraction of sp³-hybridized carbons (Fsp3) is 0.529. The number of hydrogen-bond acceptors (Lipinski definition) is 5. The molecule has 0 unspecified atom stereocenters. The minimum atomic E-state index is -0.134. The molecule has 24 heavy (non-hydrogen) atoms. The molecule has 0 radical (unpaired) electrons. The third-order valence-electron chi connectivity index (χ3n) is 3.76. The molecule has 3 N–H and O–H groups in total. The molecular weight excluding hydrogens is 310 g/mol. The van der Waals surface area contributed by atoms with Crippen molar-refractivity contribution < 1.29 is 19.1 Å². The normalized spacial score (nSPS) is 15.0. The summed E-state index contributed by atoms with van der Waals surface area (Å²) in [5, 5.41) is 8.75. The molecule has 0 bridgehead atoms. The molecule has 2 amide bonds. The van der Waals surface area contributed by atoms with E-state index in [1.165, 1.54) is 0 Å². The van der Waals surface area contributed by atoms with Crippen molar-refractivity contribution in [3.63, 3.8) is 0 Å². The van der Waals surface area contributed by atoms with E-state index >= 15 is 0 Å². The minimum Gasteiger partial charge on any atom is -0.383 e. The van der Waals surface area contributed by atoms with Gasteiger partial charge in [-0.15, -0.1) is 0 Å². The van der Waals surface area contributed by atoms with E-state index < -0.39 is 0 Å². The first-order valence-electron chi connectivity index (χ1n) is 8.17. The van der Waals surface area contributed by atoms with Crippen LogP contribution in [0.5, 0.6) is 0 Å². The molecule has 0 saturated carbocycles. The number of anilines is 1. The summed E-state index contributed by atoms with van der Waals surface area (Å²) in [6.07, 6.45) is 1.69. The summed E-state index contributed by atoms with van der Waals surface area (Å²) in [4.78, 5) is 23.9. The first-order valence-corrected chi connectivity index (χ1v) is 8.17. The number of carbonyl (C=O) groups excluding carboxylic acids is 2. The first kappa shape index (κ1) is 18.4. The molecule has 1 aromatic carbocycles. The summed E-state index contributed by atoms with van der Waals surface area (Å²) >= 11 is 0. The molecule has 0 aliphatic carbocycles. The Balaban J connectivity index is 1.77. The fourth-order valence-electron chi connectivity index (χ4n) is 2.40. The number of carbonyl (C=O) groups is 2. The zero-order chi connectivity index (χ0) is 17.2. The Kier molecular flexibility index (Phi) is 7.67. The number of methoxy groups -OCH3 is 1. The number of rotatable bonds is 8. The van der Waals surface area contributed by atoms with Crippen molar-refractivity contribution in [1.82, 2.24) is 10.6 Å². The van der Waals surface area contributed by atoms with E-state index in [-0.39, 0.29) is 24.4 Å². The van der Waals surface area contributed by atoms with E-state index in [0.717, 1.165) is 12.8 Å². The average molecular weight is 335 g/mol. The van der Waals surface area contributed by atoms with Crippen LogP contribution >= 0.6 is 0 Å². The number of benzene rings is 1. The van der Waals surface area contributed by atoms with Crippen LogP contribution in [0.1, 0.15) is 23.2 Å². The van der Waals surface area contributed by atoms with Crippen LogP contribution < -0.4 is 16.0 Å². The highest BCUT2D eigenvalue weighted by atomic mass is 16.5. The molecule has 0 spiro atoms. The van der Waals surface area contributed by atoms with Crippen LogP contribution in [0.25, 0.3) is 0 Å². The molecule has 132 valence electrons. The van der Waals surface area contributed by atoms with Crippen LogP contribution in [-0.4, -0.2) is 57.9 Å². The summed E-state index contributed by atoms with van der Waals surface area (Å²) < 4.78 is 10.2. The molecule has 1 saturated heterocycles. The molecular formula is C17H25N3O4. The first-order chi connectivity index (χ1) is 11.7. The lowest BCUT2D eigenvalue weighted by Crippen LogP contribution is -2.38. The highest BCUT2D eigenvalue weighted by Gasteiger charge is 2.16. The smallest absolute Gasteiger partial charge is 0.251 e. The number of ether oxygens (including phenoxy) is 2. The second-order valence-corrected chi connectivity index (χ2v) is 5.66. The predicted octanol–water partition coefficient (Wildman–Crippen LogP) is 0.770. The van der Waals surface area contributed by atoms with Gasteiger partial charge in [-0.05, 0) is 37.1 Å². The van der Waals surface area contributed by atoms with Crippen LogP contribution in [0.4, 0.5) is 5.69 Å². The van der Waals surface area contributed by atoms with Crippen molar-refractivity contribution in [3.05, 3.63) is 29.8 Å². The lowest BCUT2D eigenvalue weighted by Gasteiger charge is -2.23.